The van der Waals surface area contributed by atoms with Crippen molar-refractivity contribution in [2.24, 2.45) is 0 Å². The minimum atomic E-state index is 0.336. The molecule has 19 heavy (non-hydrogen) atoms. The first-order valence-corrected chi connectivity index (χ1v) is 7.26. The van der Waals surface area contributed by atoms with Gasteiger partial charge in [0.15, 0.2) is 0 Å². The molecule has 0 bridgehead atoms. The van der Waals surface area contributed by atoms with Gasteiger partial charge in [0.05, 0.1) is 5.88 Å². The fraction of sp³-hybridized carbons (Fsp3) is 0.250. The van der Waals surface area contributed by atoms with Gasteiger partial charge >= 0.3 is 0 Å². The van der Waals surface area contributed by atoms with Crippen molar-refractivity contribution < 1.29 is 4.74 Å². The Morgan fingerprint density at radius 1 is 1.05 bits per heavy atom. The minimum absolute atomic E-state index is 0.336. The van der Waals surface area contributed by atoms with E-state index in [1.807, 2.05) is 30.3 Å². The second-order valence-electron chi connectivity index (χ2n) is 4.35. The van der Waals surface area contributed by atoms with E-state index < -0.39 is 0 Å². The van der Waals surface area contributed by atoms with Crippen LogP contribution in [0.5, 0.6) is 11.5 Å². The molecule has 0 aliphatic carbocycles. The Kier molecular flexibility index (Phi) is 5.12. The molecule has 0 fully saturated rings. The van der Waals surface area contributed by atoms with Crippen LogP contribution in [0.1, 0.15) is 24.5 Å². The number of alkyl halides is 1. The van der Waals surface area contributed by atoms with Gasteiger partial charge in [-0.2, -0.15) is 0 Å². The largest absolute Gasteiger partial charge is 0.457 e. The highest BCUT2D eigenvalue weighted by molar-refractivity contribution is 6.32. The van der Waals surface area contributed by atoms with Crippen molar-refractivity contribution in [2.45, 2.75) is 25.6 Å². The first-order chi connectivity index (χ1) is 9.24. The Bertz CT molecular complexity index is 535. The number of rotatable bonds is 5. The lowest BCUT2D eigenvalue weighted by molar-refractivity contribution is 0.478. The van der Waals surface area contributed by atoms with E-state index in [0.29, 0.717) is 16.7 Å². The van der Waals surface area contributed by atoms with E-state index in [0.717, 1.165) is 24.2 Å². The van der Waals surface area contributed by atoms with Gasteiger partial charge in [-0.15, -0.1) is 11.6 Å². The molecule has 1 nitrogen and oxygen atoms in total. The van der Waals surface area contributed by atoms with E-state index in [2.05, 4.69) is 19.1 Å². The van der Waals surface area contributed by atoms with Crippen LogP contribution < -0.4 is 4.74 Å². The fourth-order valence-corrected chi connectivity index (χ4v) is 2.48. The molecular formula is C16H16Cl2O. The maximum Gasteiger partial charge on any atom is 0.133 e. The highest BCUT2D eigenvalue weighted by atomic mass is 35.5. The second kappa shape index (κ2) is 6.83. The van der Waals surface area contributed by atoms with Gasteiger partial charge in [0.1, 0.15) is 11.5 Å². The molecule has 0 aromatic heterocycles. The molecule has 0 unspecified atom stereocenters. The van der Waals surface area contributed by atoms with Crippen molar-refractivity contribution in [3.63, 3.8) is 0 Å². The van der Waals surface area contributed by atoms with Crippen LogP contribution in [0.4, 0.5) is 0 Å². The van der Waals surface area contributed by atoms with Gasteiger partial charge in [-0.3, -0.25) is 0 Å². The third kappa shape index (κ3) is 3.65. The molecule has 0 aliphatic rings. The predicted molar refractivity (Wildman–Crippen MR) is 81.5 cm³/mol. The second-order valence-corrected chi connectivity index (χ2v) is 5.02. The molecule has 0 saturated heterocycles. The zero-order chi connectivity index (χ0) is 13.7. The molecule has 0 saturated carbocycles. The van der Waals surface area contributed by atoms with Crippen LogP contribution in [-0.4, -0.2) is 0 Å². The number of aryl methyl sites for hydroxylation is 1. The maximum atomic E-state index is 6.10. The Balaban J connectivity index is 2.19. The summed E-state index contributed by atoms with van der Waals surface area (Å²) in [5, 5.41) is 0.634. The maximum absolute atomic E-state index is 6.10. The molecule has 2 rings (SSSR count). The summed E-state index contributed by atoms with van der Waals surface area (Å²) >= 11 is 12.0. The van der Waals surface area contributed by atoms with Gasteiger partial charge in [-0.05, 0) is 36.2 Å². The van der Waals surface area contributed by atoms with E-state index in [-0.39, 0.29) is 0 Å². The first-order valence-electron chi connectivity index (χ1n) is 6.34. The molecule has 2 aromatic rings. The molecule has 0 aliphatic heterocycles. The average Bonchev–Trinajstić information content (AvgIpc) is 2.42. The van der Waals surface area contributed by atoms with Gasteiger partial charge in [0, 0.05) is 10.6 Å². The molecule has 0 radical (unpaired) electrons. The lowest BCUT2D eigenvalue weighted by Gasteiger charge is -2.11. The van der Waals surface area contributed by atoms with E-state index >= 15 is 0 Å². The van der Waals surface area contributed by atoms with Crippen LogP contribution in [-0.2, 0) is 12.3 Å². The van der Waals surface area contributed by atoms with Gasteiger partial charge in [-0.25, -0.2) is 0 Å². The molecule has 0 amide bonds. The quantitative estimate of drug-likeness (QED) is 0.631. The van der Waals surface area contributed by atoms with Crippen LogP contribution in [0, 0.1) is 0 Å². The van der Waals surface area contributed by atoms with Crippen molar-refractivity contribution in [3.8, 4) is 11.5 Å². The molecule has 2 aromatic carbocycles. The lowest BCUT2D eigenvalue weighted by atomic mass is 10.1. The first kappa shape index (κ1) is 14.2. The standard InChI is InChI=1S/C16H16Cl2O/c1-2-4-12-7-9-13(10-8-12)19-16-6-3-5-15(18)14(16)11-17/h3,5-10H,2,4,11H2,1H3. The van der Waals surface area contributed by atoms with Gasteiger partial charge in [-0.1, -0.05) is 43.1 Å². The average molecular weight is 295 g/mol. The molecule has 3 heteroatoms. The van der Waals surface area contributed by atoms with E-state index in [1.165, 1.54) is 5.56 Å². The highest BCUT2D eigenvalue weighted by Gasteiger charge is 2.08. The van der Waals surface area contributed by atoms with E-state index in [4.69, 9.17) is 27.9 Å². The van der Waals surface area contributed by atoms with Crippen molar-refractivity contribution in [1.82, 2.24) is 0 Å². The molecule has 100 valence electrons. The Hall–Kier alpha value is -1.18. The summed E-state index contributed by atoms with van der Waals surface area (Å²) in [6.07, 6.45) is 2.23. The zero-order valence-electron chi connectivity index (χ0n) is 10.8. The van der Waals surface area contributed by atoms with Gasteiger partial charge in [0.2, 0.25) is 0 Å². The summed E-state index contributed by atoms with van der Waals surface area (Å²) in [6.45, 7) is 2.17. The SMILES string of the molecule is CCCc1ccc(Oc2cccc(Cl)c2CCl)cc1. The predicted octanol–water partition coefficient (Wildman–Crippen LogP) is 5.82. The lowest BCUT2D eigenvalue weighted by Crippen LogP contribution is -1.91. The monoisotopic (exact) mass is 294 g/mol. The van der Waals surface area contributed by atoms with Crippen molar-refractivity contribution >= 4 is 23.2 Å². The van der Waals surface area contributed by atoms with Crippen molar-refractivity contribution in [2.75, 3.05) is 0 Å². The smallest absolute Gasteiger partial charge is 0.133 e. The summed E-state index contributed by atoms with van der Waals surface area (Å²) in [4.78, 5) is 0. The molecule has 0 atom stereocenters. The number of benzene rings is 2. The van der Waals surface area contributed by atoms with Crippen LogP contribution in [0.15, 0.2) is 42.5 Å². The highest BCUT2D eigenvalue weighted by Crippen LogP contribution is 2.31. The summed E-state index contributed by atoms with van der Waals surface area (Å²) < 4.78 is 5.85. The van der Waals surface area contributed by atoms with E-state index in [9.17, 15) is 0 Å². The number of ether oxygens (including phenoxy) is 1. The van der Waals surface area contributed by atoms with Crippen LogP contribution in [0.3, 0.4) is 0 Å². The molecule has 0 heterocycles. The Morgan fingerprint density at radius 3 is 2.42 bits per heavy atom. The van der Waals surface area contributed by atoms with Crippen LogP contribution in [0.25, 0.3) is 0 Å². The number of hydrogen-bond donors (Lipinski definition) is 0. The Morgan fingerprint density at radius 2 is 1.79 bits per heavy atom. The third-order valence-electron chi connectivity index (χ3n) is 2.90. The summed E-state index contributed by atoms with van der Waals surface area (Å²) in [6, 6.07) is 13.7. The Labute approximate surface area is 124 Å². The van der Waals surface area contributed by atoms with Crippen LogP contribution in [0.2, 0.25) is 5.02 Å². The summed E-state index contributed by atoms with van der Waals surface area (Å²) in [5.74, 6) is 1.85. The fourth-order valence-electron chi connectivity index (χ4n) is 1.90. The number of hydrogen-bond acceptors (Lipinski definition) is 1. The topological polar surface area (TPSA) is 9.23 Å². The normalized spacial score (nSPS) is 10.5. The van der Waals surface area contributed by atoms with Gasteiger partial charge < -0.3 is 4.74 Å². The number of halogens is 2. The minimum Gasteiger partial charge on any atom is -0.457 e. The zero-order valence-corrected chi connectivity index (χ0v) is 12.3. The van der Waals surface area contributed by atoms with Gasteiger partial charge in [0.25, 0.3) is 0 Å². The molecule has 0 N–H and O–H groups in total. The van der Waals surface area contributed by atoms with Crippen LogP contribution >= 0.6 is 23.2 Å². The molecular weight excluding hydrogens is 279 g/mol. The van der Waals surface area contributed by atoms with Crippen molar-refractivity contribution in [3.05, 3.63) is 58.6 Å². The molecule has 0 spiro atoms. The summed E-state index contributed by atoms with van der Waals surface area (Å²) in [5.41, 5.74) is 2.14. The van der Waals surface area contributed by atoms with E-state index in [1.54, 1.807) is 0 Å². The van der Waals surface area contributed by atoms with Crippen molar-refractivity contribution in [1.29, 1.82) is 0 Å². The summed E-state index contributed by atoms with van der Waals surface area (Å²) in [7, 11) is 0. The third-order valence-corrected chi connectivity index (χ3v) is 3.52.